The van der Waals surface area contributed by atoms with Crippen molar-refractivity contribution >= 4 is 34.7 Å². The van der Waals surface area contributed by atoms with Gasteiger partial charge in [0, 0.05) is 44.5 Å². The number of benzene rings is 1. The number of amides is 1. The van der Waals surface area contributed by atoms with Crippen molar-refractivity contribution in [3.05, 3.63) is 52.3 Å². The van der Waals surface area contributed by atoms with E-state index in [1.165, 1.54) is 11.3 Å². The summed E-state index contributed by atoms with van der Waals surface area (Å²) in [4.78, 5) is 41.1. The van der Waals surface area contributed by atoms with Crippen LogP contribution in [0.2, 0.25) is 0 Å². The zero-order valence-corrected chi connectivity index (χ0v) is 18.7. The van der Waals surface area contributed by atoms with Crippen molar-refractivity contribution < 1.29 is 9.59 Å². The van der Waals surface area contributed by atoms with Crippen LogP contribution in [0, 0.1) is 0 Å². The number of ketones is 1. The minimum Gasteiger partial charge on any atom is -0.334 e. The first-order valence-electron chi connectivity index (χ1n) is 10.8. The molecule has 0 bridgehead atoms. The van der Waals surface area contributed by atoms with Crippen molar-refractivity contribution in [3.8, 4) is 10.6 Å². The average Bonchev–Trinajstić information content (AvgIpc) is 3.24. The van der Waals surface area contributed by atoms with E-state index in [-0.39, 0.29) is 11.7 Å². The maximum absolute atomic E-state index is 12.9. The van der Waals surface area contributed by atoms with E-state index in [0.717, 1.165) is 59.0 Å². The Balaban J connectivity index is 1.41. The van der Waals surface area contributed by atoms with Crippen LogP contribution in [0.25, 0.3) is 10.6 Å². The summed E-state index contributed by atoms with van der Waals surface area (Å²) in [6, 6.07) is 7.70. The van der Waals surface area contributed by atoms with Gasteiger partial charge in [0.15, 0.2) is 5.01 Å². The summed E-state index contributed by atoms with van der Waals surface area (Å²) in [5, 5.41) is 7.06. The van der Waals surface area contributed by atoms with Crippen LogP contribution in [0.3, 0.4) is 0 Å². The number of nitrogens with zero attached hydrogens (tertiary/aromatic N) is 4. The lowest BCUT2D eigenvalue weighted by Crippen LogP contribution is -2.46. The molecule has 1 aromatic carbocycles. The first-order valence-corrected chi connectivity index (χ1v) is 11.6. The van der Waals surface area contributed by atoms with Gasteiger partial charge in [-0.1, -0.05) is 12.1 Å². The number of piperazine rings is 1. The quantitative estimate of drug-likeness (QED) is 0.619. The molecule has 9 heteroatoms. The Morgan fingerprint density at radius 3 is 2.84 bits per heavy atom. The van der Waals surface area contributed by atoms with Crippen LogP contribution >= 0.6 is 11.3 Å². The Labute approximate surface area is 190 Å². The third kappa shape index (κ3) is 4.26. The number of carbonyl (C=O) groups is 2. The fourth-order valence-corrected chi connectivity index (χ4v) is 5.18. The highest BCUT2D eigenvalue weighted by Crippen LogP contribution is 2.37. The highest BCUT2D eigenvalue weighted by molar-refractivity contribution is 7.17. The molecule has 1 aliphatic carbocycles. The van der Waals surface area contributed by atoms with Gasteiger partial charge in [-0.3, -0.25) is 9.59 Å². The molecular weight excluding hydrogens is 424 g/mol. The van der Waals surface area contributed by atoms with Crippen LogP contribution in [-0.2, 0) is 24.1 Å². The molecule has 32 heavy (non-hydrogen) atoms. The van der Waals surface area contributed by atoms with Gasteiger partial charge in [0.2, 0.25) is 5.95 Å². The van der Waals surface area contributed by atoms with Crippen LogP contribution < -0.4 is 10.6 Å². The Bertz CT molecular complexity index is 1180. The minimum absolute atomic E-state index is 0.00198. The summed E-state index contributed by atoms with van der Waals surface area (Å²) >= 11 is 1.43. The standard InChI is InChI=1S/C23H24N6O2S/c1-14(30)11-15-3-2-4-17(12-15)26-23-25-13-16-5-6-18-20(19(16)28-23)32-21(27-18)22(31)29-9-7-24-8-10-29/h2-4,12-13,24H,5-11H2,1H3,(H,25,26,28). The fourth-order valence-electron chi connectivity index (χ4n) is 4.08. The average molecular weight is 449 g/mol. The summed E-state index contributed by atoms with van der Waals surface area (Å²) in [7, 11) is 0. The zero-order chi connectivity index (χ0) is 22.1. The van der Waals surface area contributed by atoms with Gasteiger partial charge in [0.1, 0.15) is 5.78 Å². The molecule has 3 aromatic rings. The molecular formula is C23H24N6O2S. The van der Waals surface area contributed by atoms with Crippen molar-refractivity contribution in [1.29, 1.82) is 0 Å². The summed E-state index contributed by atoms with van der Waals surface area (Å²) in [5.74, 6) is 0.609. The first-order chi connectivity index (χ1) is 15.6. The van der Waals surface area contributed by atoms with Crippen LogP contribution in [0.5, 0.6) is 0 Å². The Hall–Kier alpha value is -3.17. The third-order valence-electron chi connectivity index (χ3n) is 5.63. The lowest BCUT2D eigenvalue weighted by molar-refractivity contribution is -0.116. The van der Waals surface area contributed by atoms with Crippen molar-refractivity contribution in [3.63, 3.8) is 0 Å². The summed E-state index contributed by atoms with van der Waals surface area (Å²) in [6.07, 6.45) is 3.85. The second-order valence-electron chi connectivity index (χ2n) is 8.11. The van der Waals surface area contributed by atoms with Crippen LogP contribution in [-0.4, -0.2) is 57.7 Å². The van der Waals surface area contributed by atoms with Crippen molar-refractivity contribution in [2.24, 2.45) is 0 Å². The topological polar surface area (TPSA) is 100 Å². The van der Waals surface area contributed by atoms with E-state index in [1.807, 2.05) is 35.4 Å². The molecule has 0 unspecified atom stereocenters. The molecule has 8 nitrogen and oxygen atoms in total. The third-order valence-corrected chi connectivity index (χ3v) is 6.72. The number of nitrogens with one attached hydrogen (secondary N) is 2. The van der Waals surface area contributed by atoms with Gasteiger partial charge in [-0.2, -0.15) is 0 Å². The summed E-state index contributed by atoms with van der Waals surface area (Å²) in [5.41, 5.74) is 4.63. The smallest absolute Gasteiger partial charge is 0.282 e. The normalized spacial score (nSPS) is 15.1. The van der Waals surface area contributed by atoms with E-state index in [9.17, 15) is 9.59 Å². The highest BCUT2D eigenvalue weighted by atomic mass is 32.1. The number of hydrogen-bond donors (Lipinski definition) is 2. The number of Topliss-reactive ketones (excluding diaryl/α,β-unsaturated/α-hetero) is 1. The Morgan fingerprint density at radius 2 is 2.03 bits per heavy atom. The highest BCUT2D eigenvalue weighted by Gasteiger charge is 2.27. The molecule has 1 saturated heterocycles. The predicted molar refractivity (Wildman–Crippen MR) is 123 cm³/mol. The first kappa shape index (κ1) is 20.7. The Kier molecular flexibility index (Phi) is 5.67. The molecule has 164 valence electrons. The molecule has 0 atom stereocenters. The van der Waals surface area contributed by atoms with Gasteiger partial charge in [0.25, 0.3) is 5.91 Å². The largest absolute Gasteiger partial charge is 0.334 e. The number of anilines is 2. The number of aromatic nitrogens is 3. The maximum Gasteiger partial charge on any atom is 0.282 e. The van der Waals surface area contributed by atoms with E-state index in [2.05, 4.69) is 20.6 Å². The SMILES string of the molecule is CC(=O)Cc1cccc(Nc2ncc3c(n2)-c2sc(C(=O)N4CCNCC4)nc2CC3)c1. The molecule has 1 aliphatic heterocycles. The number of rotatable bonds is 5. The predicted octanol–water partition coefficient (Wildman–Crippen LogP) is 2.62. The number of aryl methyl sites for hydroxylation is 2. The molecule has 2 aromatic heterocycles. The summed E-state index contributed by atoms with van der Waals surface area (Å²) in [6.45, 7) is 4.63. The maximum atomic E-state index is 12.9. The molecule has 2 N–H and O–H groups in total. The van der Waals surface area contributed by atoms with Crippen molar-refractivity contribution in [2.75, 3.05) is 31.5 Å². The number of thiazole rings is 1. The molecule has 5 rings (SSSR count). The molecule has 0 radical (unpaired) electrons. The van der Waals surface area contributed by atoms with Gasteiger partial charge in [-0.05, 0) is 43.0 Å². The fraction of sp³-hybridized carbons (Fsp3) is 0.348. The molecule has 2 aliphatic rings. The minimum atomic E-state index is 0.00198. The second kappa shape index (κ2) is 8.76. The van der Waals surface area contributed by atoms with Gasteiger partial charge in [0.05, 0.1) is 16.3 Å². The van der Waals surface area contributed by atoms with E-state index < -0.39 is 0 Å². The summed E-state index contributed by atoms with van der Waals surface area (Å²) < 4.78 is 0. The van der Waals surface area contributed by atoms with Crippen LogP contribution in [0.4, 0.5) is 11.6 Å². The lowest BCUT2D eigenvalue weighted by atomic mass is 10.00. The molecule has 3 heterocycles. The van der Waals surface area contributed by atoms with Gasteiger partial charge in [-0.25, -0.2) is 15.0 Å². The lowest BCUT2D eigenvalue weighted by Gasteiger charge is -2.26. The molecule has 1 fully saturated rings. The van der Waals surface area contributed by atoms with Crippen LogP contribution in [0.15, 0.2) is 30.5 Å². The van der Waals surface area contributed by atoms with E-state index in [0.29, 0.717) is 30.5 Å². The number of carbonyl (C=O) groups excluding carboxylic acids is 2. The van der Waals surface area contributed by atoms with Crippen molar-refractivity contribution in [1.82, 2.24) is 25.2 Å². The van der Waals surface area contributed by atoms with E-state index >= 15 is 0 Å². The van der Waals surface area contributed by atoms with Gasteiger partial charge in [-0.15, -0.1) is 11.3 Å². The van der Waals surface area contributed by atoms with Crippen LogP contribution in [0.1, 0.15) is 33.5 Å². The Morgan fingerprint density at radius 1 is 1.19 bits per heavy atom. The molecule has 0 saturated carbocycles. The van der Waals surface area contributed by atoms with E-state index in [4.69, 9.17) is 4.98 Å². The van der Waals surface area contributed by atoms with Crippen molar-refractivity contribution in [2.45, 2.75) is 26.2 Å². The number of fused-ring (bicyclic) bond motifs is 3. The monoisotopic (exact) mass is 448 g/mol. The number of hydrogen-bond acceptors (Lipinski definition) is 8. The second-order valence-corrected chi connectivity index (χ2v) is 9.11. The zero-order valence-electron chi connectivity index (χ0n) is 17.9. The van der Waals surface area contributed by atoms with Gasteiger partial charge < -0.3 is 15.5 Å². The molecule has 1 amide bonds. The van der Waals surface area contributed by atoms with Gasteiger partial charge >= 0.3 is 0 Å². The molecule has 0 spiro atoms. The van der Waals surface area contributed by atoms with E-state index in [1.54, 1.807) is 6.92 Å².